The molecule has 1 aliphatic carbocycles. The second-order valence-electron chi connectivity index (χ2n) is 7.15. The summed E-state index contributed by atoms with van der Waals surface area (Å²) in [6, 6.07) is 10.5. The molecule has 0 bridgehead atoms. The summed E-state index contributed by atoms with van der Waals surface area (Å²) in [6.45, 7) is 6.01. The number of benzene rings is 1. The maximum Gasteiger partial charge on any atom is 0.226 e. The quantitative estimate of drug-likeness (QED) is 0.836. The number of aromatic nitrogens is 1. The molecule has 2 fully saturated rings. The smallest absolute Gasteiger partial charge is 0.226 e. The lowest BCUT2D eigenvalue weighted by atomic mass is 9.97. The Hall–Kier alpha value is -1.68. The van der Waals surface area contributed by atoms with Crippen LogP contribution in [0.3, 0.4) is 0 Å². The second-order valence-corrected chi connectivity index (χ2v) is 8.39. The van der Waals surface area contributed by atoms with Gasteiger partial charge in [-0.05, 0) is 44.6 Å². The highest BCUT2D eigenvalue weighted by molar-refractivity contribution is 7.11. The standard InChI is InChI=1S/C20H24N2OS/c1-13-14(2)24-19(21-13)16-8-10-22(11-9-16)20(23)18-12-17(18)15-6-4-3-5-7-15/h3-7,16-18H,8-12H2,1-2H3. The van der Waals surface area contributed by atoms with E-state index in [-0.39, 0.29) is 5.92 Å². The average Bonchev–Trinajstić information content (AvgIpc) is 3.35. The van der Waals surface area contributed by atoms with Crippen LogP contribution in [0.25, 0.3) is 0 Å². The van der Waals surface area contributed by atoms with E-state index >= 15 is 0 Å². The Morgan fingerprint density at radius 1 is 1.17 bits per heavy atom. The normalized spacial score (nSPS) is 24.2. The third-order valence-corrected chi connectivity index (χ3v) is 6.77. The fourth-order valence-corrected chi connectivity index (χ4v) is 4.88. The Balaban J connectivity index is 1.34. The van der Waals surface area contributed by atoms with Gasteiger partial charge in [-0.25, -0.2) is 4.98 Å². The lowest BCUT2D eigenvalue weighted by Crippen LogP contribution is -2.39. The number of hydrogen-bond donors (Lipinski definition) is 0. The molecular formula is C20H24N2OS. The van der Waals surface area contributed by atoms with Crippen LogP contribution in [0.1, 0.15) is 52.2 Å². The van der Waals surface area contributed by atoms with Gasteiger partial charge >= 0.3 is 0 Å². The van der Waals surface area contributed by atoms with Crippen molar-refractivity contribution >= 4 is 17.2 Å². The Morgan fingerprint density at radius 2 is 1.88 bits per heavy atom. The Bertz CT molecular complexity index is 712. The summed E-state index contributed by atoms with van der Waals surface area (Å²) < 4.78 is 0. The van der Waals surface area contributed by atoms with Crippen LogP contribution in [-0.4, -0.2) is 28.9 Å². The van der Waals surface area contributed by atoms with E-state index in [4.69, 9.17) is 4.98 Å². The number of carbonyl (C=O) groups is 1. The Morgan fingerprint density at radius 3 is 2.50 bits per heavy atom. The van der Waals surface area contributed by atoms with Crippen molar-refractivity contribution in [3.8, 4) is 0 Å². The molecular weight excluding hydrogens is 316 g/mol. The number of piperidine rings is 1. The molecule has 2 atom stereocenters. The first-order chi connectivity index (χ1) is 11.6. The first kappa shape index (κ1) is 15.8. The fraction of sp³-hybridized carbons (Fsp3) is 0.500. The van der Waals surface area contributed by atoms with Crippen molar-refractivity contribution in [1.29, 1.82) is 0 Å². The van der Waals surface area contributed by atoms with Crippen molar-refractivity contribution in [1.82, 2.24) is 9.88 Å². The zero-order valence-corrected chi connectivity index (χ0v) is 15.2. The summed E-state index contributed by atoms with van der Waals surface area (Å²) in [6.07, 6.45) is 3.13. The van der Waals surface area contributed by atoms with Gasteiger partial charge in [-0.3, -0.25) is 4.79 Å². The molecule has 1 saturated heterocycles. The number of likely N-dealkylation sites (tertiary alicyclic amines) is 1. The molecule has 1 aliphatic heterocycles. The SMILES string of the molecule is Cc1nc(C2CCN(C(=O)C3CC3c3ccccc3)CC2)sc1C. The molecule has 4 rings (SSSR count). The van der Waals surface area contributed by atoms with Gasteiger partial charge in [0, 0.05) is 29.8 Å². The van der Waals surface area contributed by atoms with Crippen molar-refractivity contribution < 1.29 is 4.79 Å². The fourth-order valence-electron chi connectivity index (χ4n) is 3.79. The van der Waals surface area contributed by atoms with Crippen LogP contribution in [-0.2, 0) is 4.79 Å². The van der Waals surface area contributed by atoms with Crippen molar-refractivity contribution in [2.24, 2.45) is 5.92 Å². The summed E-state index contributed by atoms with van der Waals surface area (Å²) in [5, 5.41) is 1.27. The third-order valence-electron chi connectivity index (χ3n) is 5.54. The Labute approximate surface area is 147 Å². The highest BCUT2D eigenvalue weighted by Crippen LogP contribution is 2.48. The van der Waals surface area contributed by atoms with E-state index in [0.717, 1.165) is 38.0 Å². The van der Waals surface area contributed by atoms with Crippen LogP contribution >= 0.6 is 11.3 Å². The lowest BCUT2D eigenvalue weighted by Gasteiger charge is -2.31. The van der Waals surface area contributed by atoms with Gasteiger partial charge in [-0.15, -0.1) is 11.3 Å². The molecule has 126 valence electrons. The summed E-state index contributed by atoms with van der Waals surface area (Å²) in [5.41, 5.74) is 2.48. The van der Waals surface area contributed by atoms with Crippen molar-refractivity contribution in [3.05, 3.63) is 51.5 Å². The van der Waals surface area contributed by atoms with Gasteiger partial charge < -0.3 is 4.90 Å². The molecule has 24 heavy (non-hydrogen) atoms. The van der Waals surface area contributed by atoms with Crippen molar-refractivity contribution in [2.75, 3.05) is 13.1 Å². The second kappa shape index (κ2) is 6.32. The third kappa shape index (κ3) is 3.00. The van der Waals surface area contributed by atoms with E-state index in [0.29, 0.717) is 17.7 Å². The van der Waals surface area contributed by atoms with E-state index in [1.165, 1.54) is 15.4 Å². The van der Waals surface area contributed by atoms with E-state index in [2.05, 4.69) is 43.0 Å². The summed E-state index contributed by atoms with van der Waals surface area (Å²) in [7, 11) is 0. The number of nitrogens with zero attached hydrogens (tertiary/aromatic N) is 2. The number of amides is 1. The zero-order chi connectivity index (χ0) is 16.7. The van der Waals surface area contributed by atoms with E-state index in [1.807, 2.05) is 17.4 Å². The van der Waals surface area contributed by atoms with Gasteiger partial charge in [0.05, 0.1) is 10.7 Å². The maximum atomic E-state index is 12.8. The molecule has 1 aromatic heterocycles. The highest BCUT2D eigenvalue weighted by Gasteiger charge is 2.46. The zero-order valence-electron chi connectivity index (χ0n) is 14.4. The average molecular weight is 340 g/mol. The molecule has 4 heteroatoms. The molecule has 1 saturated carbocycles. The molecule has 0 spiro atoms. The van der Waals surface area contributed by atoms with Crippen LogP contribution in [0.5, 0.6) is 0 Å². The van der Waals surface area contributed by atoms with E-state index in [9.17, 15) is 4.79 Å². The minimum Gasteiger partial charge on any atom is -0.342 e. The predicted octanol–water partition coefficient (Wildman–Crippen LogP) is 4.27. The molecule has 2 aliphatic rings. The van der Waals surface area contributed by atoms with Gasteiger partial charge in [-0.1, -0.05) is 30.3 Å². The molecule has 1 amide bonds. The van der Waals surface area contributed by atoms with E-state index < -0.39 is 0 Å². The largest absolute Gasteiger partial charge is 0.342 e. The van der Waals surface area contributed by atoms with Crippen LogP contribution in [0.4, 0.5) is 0 Å². The van der Waals surface area contributed by atoms with Gasteiger partial charge in [0.2, 0.25) is 5.91 Å². The minimum absolute atomic E-state index is 0.216. The first-order valence-electron chi connectivity index (χ1n) is 8.91. The minimum atomic E-state index is 0.216. The van der Waals surface area contributed by atoms with Crippen LogP contribution in [0.2, 0.25) is 0 Å². The lowest BCUT2D eigenvalue weighted by molar-refractivity contribution is -0.133. The first-order valence-corrected chi connectivity index (χ1v) is 9.73. The molecule has 2 aromatic rings. The van der Waals surface area contributed by atoms with Crippen molar-refractivity contribution in [2.45, 2.75) is 44.9 Å². The number of thiazole rings is 1. The van der Waals surface area contributed by atoms with Crippen LogP contribution in [0.15, 0.2) is 30.3 Å². The van der Waals surface area contributed by atoms with Crippen LogP contribution < -0.4 is 0 Å². The highest BCUT2D eigenvalue weighted by atomic mass is 32.1. The monoisotopic (exact) mass is 340 g/mol. The van der Waals surface area contributed by atoms with Crippen molar-refractivity contribution in [3.63, 3.8) is 0 Å². The van der Waals surface area contributed by atoms with Gasteiger partial charge in [0.1, 0.15) is 0 Å². The van der Waals surface area contributed by atoms with Gasteiger partial charge in [-0.2, -0.15) is 0 Å². The van der Waals surface area contributed by atoms with Gasteiger partial charge in [0.25, 0.3) is 0 Å². The molecule has 1 aromatic carbocycles. The maximum absolute atomic E-state index is 12.8. The number of aryl methyl sites for hydroxylation is 2. The molecule has 2 heterocycles. The molecule has 0 N–H and O–H groups in total. The number of carbonyl (C=O) groups excluding carboxylic acids is 1. The summed E-state index contributed by atoms with van der Waals surface area (Å²) >= 11 is 1.83. The summed E-state index contributed by atoms with van der Waals surface area (Å²) in [4.78, 5) is 20.9. The van der Waals surface area contributed by atoms with Crippen LogP contribution in [0, 0.1) is 19.8 Å². The molecule has 2 unspecified atom stereocenters. The topological polar surface area (TPSA) is 33.2 Å². The van der Waals surface area contributed by atoms with Gasteiger partial charge in [0.15, 0.2) is 0 Å². The molecule has 3 nitrogen and oxygen atoms in total. The summed E-state index contributed by atoms with van der Waals surface area (Å²) in [5.74, 6) is 1.57. The van der Waals surface area contributed by atoms with E-state index in [1.54, 1.807) is 0 Å². The Kier molecular flexibility index (Phi) is 4.17. The number of hydrogen-bond acceptors (Lipinski definition) is 3. The predicted molar refractivity (Wildman–Crippen MR) is 97.4 cm³/mol. The number of rotatable bonds is 3. The molecule has 0 radical (unpaired) electrons.